The molecule has 5 rings (SSSR count). The van der Waals surface area contributed by atoms with Crippen LogP contribution in [0.25, 0.3) is 0 Å². The number of aryl methyl sites for hydroxylation is 1. The number of hydrogen-bond donors (Lipinski definition) is 2. The maximum Gasteiger partial charge on any atom is 0.261 e. The van der Waals surface area contributed by atoms with E-state index < -0.39 is 23.4 Å². The van der Waals surface area contributed by atoms with Crippen LogP contribution < -0.4 is 16.0 Å². The normalized spacial score (nSPS) is 18.9. The van der Waals surface area contributed by atoms with Crippen molar-refractivity contribution in [2.75, 3.05) is 29.0 Å². The van der Waals surface area contributed by atoms with Gasteiger partial charge >= 0.3 is 0 Å². The first-order chi connectivity index (χ1) is 16.2. The number of carbonyl (C=O) groups is 1. The lowest BCUT2D eigenvalue weighted by molar-refractivity contribution is 0.102. The van der Waals surface area contributed by atoms with Crippen molar-refractivity contribution in [1.29, 1.82) is 0 Å². The van der Waals surface area contributed by atoms with Crippen molar-refractivity contribution >= 4 is 34.7 Å². The number of carbonyl (C=O) groups excluding carboxylic acids is 1. The Hall–Kier alpha value is -3.27. The summed E-state index contributed by atoms with van der Waals surface area (Å²) in [5.41, 5.74) is 7.21. The molecule has 1 unspecified atom stereocenters. The third-order valence-corrected chi connectivity index (χ3v) is 7.10. The molecule has 1 aliphatic heterocycles. The molecule has 0 radical (unpaired) electrons. The molecule has 0 bridgehead atoms. The highest BCUT2D eigenvalue weighted by molar-refractivity contribution is 6.31. The van der Waals surface area contributed by atoms with Crippen molar-refractivity contribution < 1.29 is 18.0 Å². The van der Waals surface area contributed by atoms with E-state index in [1.807, 2.05) is 0 Å². The zero-order valence-electron chi connectivity index (χ0n) is 18.3. The third-order valence-electron chi connectivity index (χ3n) is 6.81. The summed E-state index contributed by atoms with van der Waals surface area (Å²) in [6, 6.07) is 3.91. The van der Waals surface area contributed by atoms with Crippen LogP contribution in [0.4, 0.5) is 30.4 Å². The number of aromatic nitrogens is 3. The molecule has 3 heterocycles. The van der Waals surface area contributed by atoms with Crippen molar-refractivity contribution in [3.8, 4) is 0 Å². The fraction of sp³-hybridized carbons (Fsp3) is 0.348. The highest BCUT2D eigenvalue weighted by Crippen LogP contribution is 2.53. The molecule has 1 atom stereocenters. The molecule has 1 aromatic carbocycles. The number of benzene rings is 1. The molecular weight excluding hydrogens is 469 g/mol. The number of hydrogen-bond acceptors (Lipinski definition) is 5. The molecule has 1 spiro atoms. The lowest BCUT2D eigenvalue weighted by Gasteiger charge is -2.49. The van der Waals surface area contributed by atoms with Crippen LogP contribution in [-0.4, -0.2) is 33.8 Å². The first-order valence-electron chi connectivity index (χ1n) is 10.8. The molecule has 178 valence electrons. The van der Waals surface area contributed by atoms with Gasteiger partial charge in [-0.3, -0.25) is 14.5 Å². The molecule has 1 amide bonds. The predicted molar refractivity (Wildman–Crippen MR) is 122 cm³/mol. The Morgan fingerprint density at radius 1 is 1.21 bits per heavy atom. The summed E-state index contributed by atoms with van der Waals surface area (Å²) in [4.78, 5) is 18.3. The first-order valence-corrected chi connectivity index (χ1v) is 11.2. The minimum Gasteiger partial charge on any atom is -0.383 e. The van der Waals surface area contributed by atoms with Gasteiger partial charge in [0.25, 0.3) is 5.91 Å². The van der Waals surface area contributed by atoms with Gasteiger partial charge in [-0.05, 0) is 37.5 Å². The van der Waals surface area contributed by atoms with Crippen molar-refractivity contribution in [1.82, 2.24) is 14.8 Å². The Labute approximate surface area is 198 Å². The Morgan fingerprint density at radius 2 is 1.91 bits per heavy atom. The van der Waals surface area contributed by atoms with Crippen LogP contribution in [-0.2, 0) is 7.05 Å². The molecule has 34 heavy (non-hydrogen) atoms. The summed E-state index contributed by atoms with van der Waals surface area (Å²) in [6.45, 7) is 1.03. The lowest BCUT2D eigenvalue weighted by atomic mass is 9.77. The molecule has 2 fully saturated rings. The average Bonchev–Trinajstić information content (AvgIpc) is 3.32. The lowest BCUT2D eigenvalue weighted by Crippen LogP contribution is -2.55. The second-order valence-electron chi connectivity index (χ2n) is 9.10. The van der Waals surface area contributed by atoms with Gasteiger partial charge in [-0.1, -0.05) is 11.6 Å². The molecule has 11 heteroatoms. The molecule has 7 nitrogen and oxygen atoms in total. The van der Waals surface area contributed by atoms with Gasteiger partial charge in [0.15, 0.2) is 11.6 Å². The molecular formula is C23H22ClF3N6O. The fourth-order valence-corrected chi connectivity index (χ4v) is 5.38. The van der Waals surface area contributed by atoms with E-state index in [1.54, 1.807) is 11.9 Å². The van der Waals surface area contributed by atoms with Crippen LogP contribution >= 0.6 is 11.6 Å². The second kappa shape index (κ2) is 8.19. The van der Waals surface area contributed by atoms with Gasteiger partial charge in [-0.2, -0.15) is 5.10 Å². The molecule has 3 N–H and O–H groups in total. The van der Waals surface area contributed by atoms with E-state index in [9.17, 15) is 18.0 Å². The Kier molecular flexibility index (Phi) is 5.43. The monoisotopic (exact) mass is 490 g/mol. The van der Waals surface area contributed by atoms with Crippen LogP contribution in [0.2, 0.25) is 5.02 Å². The minimum absolute atomic E-state index is 0.0321. The van der Waals surface area contributed by atoms with E-state index in [-0.39, 0.29) is 33.4 Å². The van der Waals surface area contributed by atoms with Gasteiger partial charge in [-0.25, -0.2) is 13.2 Å². The highest BCUT2D eigenvalue weighted by Gasteiger charge is 2.50. The second-order valence-corrected chi connectivity index (χ2v) is 9.51. The summed E-state index contributed by atoms with van der Waals surface area (Å²) < 4.78 is 43.1. The van der Waals surface area contributed by atoms with Crippen molar-refractivity contribution in [2.24, 2.45) is 12.5 Å². The van der Waals surface area contributed by atoms with Crippen LogP contribution in [0.15, 0.2) is 30.6 Å². The summed E-state index contributed by atoms with van der Waals surface area (Å²) in [6.07, 6.45) is 4.35. The molecule has 2 aromatic heterocycles. The number of nitrogens with zero attached hydrogens (tertiary/aromatic N) is 4. The quantitative estimate of drug-likeness (QED) is 0.562. The number of nitrogen functional groups attached to an aromatic ring is 1. The van der Waals surface area contributed by atoms with Gasteiger partial charge in [0.05, 0.1) is 23.1 Å². The van der Waals surface area contributed by atoms with Gasteiger partial charge in [0, 0.05) is 37.2 Å². The topological polar surface area (TPSA) is 89.1 Å². The van der Waals surface area contributed by atoms with E-state index in [4.69, 9.17) is 17.3 Å². The SMILES string of the molecule is Cn1nc(C2CCC3(C2)CN(c2c(F)cncc2F)C3)c(C(=O)Nc2ccc(F)c(Cl)c2)c1N. The summed E-state index contributed by atoms with van der Waals surface area (Å²) in [5, 5.41) is 7.13. The van der Waals surface area contributed by atoms with E-state index in [1.165, 1.54) is 22.9 Å². The highest BCUT2D eigenvalue weighted by atomic mass is 35.5. The Morgan fingerprint density at radius 3 is 2.59 bits per heavy atom. The fourth-order valence-electron chi connectivity index (χ4n) is 5.20. The zero-order valence-corrected chi connectivity index (χ0v) is 19.0. The van der Waals surface area contributed by atoms with Crippen molar-refractivity contribution in [3.63, 3.8) is 0 Å². The predicted octanol–water partition coefficient (Wildman–Crippen LogP) is 4.49. The molecule has 1 aliphatic carbocycles. The van der Waals surface area contributed by atoms with E-state index in [2.05, 4.69) is 15.4 Å². The maximum atomic E-state index is 14.1. The van der Waals surface area contributed by atoms with E-state index in [0.29, 0.717) is 24.5 Å². The van der Waals surface area contributed by atoms with Crippen LogP contribution in [0, 0.1) is 22.9 Å². The molecule has 1 saturated carbocycles. The number of pyridine rings is 1. The largest absolute Gasteiger partial charge is 0.383 e. The van der Waals surface area contributed by atoms with E-state index >= 15 is 0 Å². The standard InChI is InChI=1S/C23H22ClF3N6O/c1-32-21(28)18(22(34)30-13-2-3-15(25)14(24)6-13)19(31-32)12-4-5-23(7-12)10-33(11-23)20-16(26)8-29-9-17(20)27/h2-3,6,8-9,12H,4-5,7,10-11,28H2,1H3,(H,30,34). The van der Waals surface area contributed by atoms with Crippen molar-refractivity contribution in [3.05, 3.63) is 64.3 Å². The molecule has 2 aliphatic rings. The Bertz CT molecular complexity index is 1270. The first kappa shape index (κ1) is 22.5. The number of nitrogens with one attached hydrogen (secondary N) is 1. The third kappa shape index (κ3) is 3.75. The smallest absolute Gasteiger partial charge is 0.261 e. The van der Waals surface area contributed by atoms with Gasteiger partial charge in [-0.15, -0.1) is 0 Å². The van der Waals surface area contributed by atoms with Crippen LogP contribution in [0.1, 0.15) is 41.2 Å². The summed E-state index contributed by atoms with van der Waals surface area (Å²) >= 11 is 5.82. The molecule has 1 saturated heterocycles. The summed E-state index contributed by atoms with van der Waals surface area (Å²) in [5.74, 6) is -2.21. The molecule has 3 aromatic rings. The number of rotatable bonds is 4. The number of halogens is 4. The van der Waals surface area contributed by atoms with Gasteiger partial charge in [0.2, 0.25) is 0 Å². The Balaban J connectivity index is 1.34. The minimum atomic E-state index is -0.679. The van der Waals surface area contributed by atoms with Gasteiger partial charge in [0.1, 0.15) is 22.9 Å². The van der Waals surface area contributed by atoms with Crippen LogP contribution in [0.5, 0.6) is 0 Å². The number of anilines is 3. The average molecular weight is 491 g/mol. The zero-order chi connectivity index (χ0) is 24.2. The van der Waals surface area contributed by atoms with E-state index in [0.717, 1.165) is 31.7 Å². The van der Waals surface area contributed by atoms with Crippen molar-refractivity contribution in [2.45, 2.75) is 25.2 Å². The van der Waals surface area contributed by atoms with Gasteiger partial charge < -0.3 is 16.0 Å². The maximum absolute atomic E-state index is 14.1. The summed E-state index contributed by atoms with van der Waals surface area (Å²) in [7, 11) is 1.66. The van der Waals surface area contributed by atoms with Crippen LogP contribution in [0.3, 0.4) is 0 Å². The number of amides is 1. The number of nitrogens with two attached hydrogens (primary N) is 1.